The van der Waals surface area contributed by atoms with Gasteiger partial charge < -0.3 is 10.6 Å². The molecular formula is C20H24FN5O2S. The molecule has 7 nitrogen and oxygen atoms in total. The van der Waals surface area contributed by atoms with Gasteiger partial charge in [0.15, 0.2) is 11.0 Å². The smallest absolute Gasteiger partial charge is 0.235 e. The van der Waals surface area contributed by atoms with Crippen molar-refractivity contribution in [3.8, 4) is 11.4 Å². The van der Waals surface area contributed by atoms with Gasteiger partial charge in [-0.2, -0.15) is 0 Å². The van der Waals surface area contributed by atoms with E-state index < -0.39 is 0 Å². The van der Waals surface area contributed by atoms with Crippen LogP contribution in [0.4, 0.5) is 4.39 Å². The number of aromatic nitrogens is 3. The summed E-state index contributed by atoms with van der Waals surface area (Å²) in [7, 11) is 0. The summed E-state index contributed by atoms with van der Waals surface area (Å²) in [6, 6.07) is 6.78. The zero-order valence-electron chi connectivity index (χ0n) is 16.3. The molecule has 4 rings (SSSR count). The van der Waals surface area contributed by atoms with Gasteiger partial charge in [-0.05, 0) is 44.7 Å². The molecule has 29 heavy (non-hydrogen) atoms. The van der Waals surface area contributed by atoms with E-state index in [2.05, 4.69) is 10.2 Å². The Balaban J connectivity index is 1.49. The first-order chi connectivity index (χ1) is 14.0. The molecule has 1 unspecified atom stereocenters. The molecule has 1 aromatic heterocycles. The Bertz CT molecular complexity index is 921. The van der Waals surface area contributed by atoms with Gasteiger partial charge in [0.2, 0.25) is 11.8 Å². The summed E-state index contributed by atoms with van der Waals surface area (Å²) in [6.45, 7) is 2.92. The van der Waals surface area contributed by atoms with Crippen LogP contribution in [0, 0.1) is 11.7 Å². The topological polar surface area (TPSA) is 94.1 Å². The fraction of sp³-hybridized carbons (Fsp3) is 0.500. The largest absolute Gasteiger partial charge is 0.369 e. The molecule has 1 aliphatic heterocycles. The van der Waals surface area contributed by atoms with Crippen molar-refractivity contribution < 1.29 is 14.0 Å². The SMILES string of the molecule is CC(Sc1nnc(-c2ccccc2F)n1C1CC1)C(=O)N1CCC(C(N)=O)CC1. The highest BCUT2D eigenvalue weighted by molar-refractivity contribution is 8.00. The number of rotatable bonds is 6. The van der Waals surface area contributed by atoms with Crippen molar-refractivity contribution >= 4 is 23.6 Å². The minimum absolute atomic E-state index is 0.00992. The summed E-state index contributed by atoms with van der Waals surface area (Å²) in [4.78, 5) is 26.0. The van der Waals surface area contributed by atoms with E-state index in [1.165, 1.54) is 17.8 Å². The molecule has 2 aliphatic rings. The summed E-state index contributed by atoms with van der Waals surface area (Å²) in [5, 5.41) is 8.80. The minimum Gasteiger partial charge on any atom is -0.369 e. The molecule has 0 radical (unpaired) electrons. The molecular weight excluding hydrogens is 393 g/mol. The Morgan fingerprint density at radius 2 is 1.86 bits per heavy atom. The van der Waals surface area contributed by atoms with E-state index >= 15 is 0 Å². The van der Waals surface area contributed by atoms with Crippen molar-refractivity contribution in [2.45, 2.75) is 49.1 Å². The van der Waals surface area contributed by atoms with Crippen LogP contribution in [0.3, 0.4) is 0 Å². The molecule has 2 N–H and O–H groups in total. The third-order valence-electron chi connectivity index (χ3n) is 5.53. The van der Waals surface area contributed by atoms with Gasteiger partial charge in [-0.15, -0.1) is 10.2 Å². The number of likely N-dealkylation sites (tertiary alicyclic amines) is 1. The number of nitrogens with zero attached hydrogens (tertiary/aromatic N) is 4. The highest BCUT2D eigenvalue weighted by atomic mass is 32.2. The van der Waals surface area contributed by atoms with Crippen molar-refractivity contribution in [3.63, 3.8) is 0 Å². The number of nitrogens with two attached hydrogens (primary N) is 1. The second-order valence-corrected chi connectivity index (χ2v) is 8.96. The van der Waals surface area contributed by atoms with Crippen LogP contribution in [0.2, 0.25) is 0 Å². The first kappa shape index (κ1) is 19.9. The molecule has 2 fully saturated rings. The van der Waals surface area contributed by atoms with Crippen LogP contribution in [0.1, 0.15) is 38.6 Å². The summed E-state index contributed by atoms with van der Waals surface area (Å²) >= 11 is 1.35. The van der Waals surface area contributed by atoms with Crippen LogP contribution in [-0.2, 0) is 9.59 Å². The van der Waals surface area contributed by atoms with E-state index in [1.54, 1.807) is 23.1 Å². The molecule has 1 aliphatic carbocycles. The van der Waals surface area contributed by atoms with Crippen molar-refractivity contribution in [3.05, 3.63) is 30.1 Å². The fourth-order valence-corrected chi connectivity index (χ4v) is 4.70. The number of hydrogen-bond donors (Lipinski definition) is 1. The fourth-order valence-electron chi connectivity index (χ4n) is 3.70. The Morgan fingerprint density at radius 1 is 1.17 bits per heavy atom. The molecule has 2 amide bonds. The predicted octanol–water partition coefficient (Wildman–Crippen LogP) is 2.62. The standard InChI is InChI=1S/C20H24FN5O2S/c1-12(19(28)25-10-8-13(9-11-25)17(22)27)29-20-24-23-18(26(20)14-6-7-14)15-4-2-3-5-16(15)21/h2-5,12-14H,6-11H2,1H3,(H2,22,27). The van der Waals surface area contributed by atoms with Crippen LogP contribution in [-0.4, -0.2) is 49.8 Å². The molecule has 2 aromatic rings. The van der Waals surface area contributed by atoms with E-state index in [9.17, 15) is 14.0 Å². The summed E-state index contributed by atoms with van der Waals surface area (Å²) in [5.41, 5.74) is 5.79. The Kier molecular flexibility index (Phi) is 5.58. The second-order valence-electron chi connectivity index (χ2n) is 7.65. The van der Waals surface area contributed by atoms with Gasteiger partial charge in [0.1, 0.15) is 5.82 Å². The van der Waals surface area contributed by atoms with Gasteiger partial charge in [-0.25, -0.2) is 4.39 Å². The minimum atomic E-state index is -0.352. The zero-order valence-corrected chi connectivity index (χ0v) is 17.1. The second kappa shape index (κ2) is 8.14. The van der Waals surface area contributed by atoms with Gasteiger partial charge in [-0.1, -0.05) is 23.9 Å². The van der Waals surface area contributed by atoms with Crippen LogP contribution in [0.15, 0.2) is 29.4 Å². The summed E-state index contributed by atoms with van der Waals surface area (Å²) < 4.78 is 16.3. The lowest BCUT2D eigenvalue weighted by Gasteiger charge is -2.32. The number of carbonyl (C=O) groups is 2. The maximum Gasteiger partial charge on any atom is 0.235 e. The van der Waals surface area contributed by atoms with Crippen LogP contribution < -0.4 is 5.73 Å². The Labute approximate surface area is 172 Å². The predicted molar refractivity (Wildman–Crippen MR) is 108 cm³/mol. The average Bonchev–Trinajstić information content (AvgIpc) is 3.48. The molecule has 1 saturated carbocycles. The lowest BCUT2D eigenvalue weighted by atomic mass is 9.96. The van der Waals surface area contributed by atoms with E-state index in [-0.39, 0.29) is 34.8 Å². The van der Waals surface area contributed by atoms with Crippen LogP contribution in [0.5, 0.6) is 0 Å². The number of thioether (sulfide) groups is 1. The van der Waals surface area contributed by atoms with Gasteiger partial charge in [-0.3, -0.25) is 14.2 Å². The number of benzene rings is 1. The van der Waals surface area contributed by atoms with Crippen molar-refractivity contribution in [1.82, 2.24) is 19.7 Å². The number of hydrogen-bond acceptors (Lipinski definition) is 5. The third kappa shape index (κ3) is 4.14. The normalized spacial score (nSPS) is 18.6. The van der Waals surface area contributed by atoms with Gasteiger partial charge in [0, 0.05) is 25.0 Å². The molecule has 1 saturated heterocycles. The zero-order chi connectivity index (χ0) is 20.5. The van der Waals surface area contributed by atoms with E-state index in [1.807, 2.05) is 11.5 Å². The molecule has 2 heterocycles. The maximum absolute atomic E-state index is 14.3. The van der Waals surface area contributed by atoms with E-state index in [0.29, 0.717) is 42.5 Å². The van der Waals surface area contributed by atoms with Crippen LogP contribution in [0.25, 0.3) is 11.4 Å². The quantitative estimate of drug-likeness (QED) is 0.729. The summed E-state index contributed by atoms with van der Waals surface area (Å²) in [5.74, 6) is -0.258. The molecule has 0 bridgehead atoms. The maximum atomic E-state index is 14.3. The average molecular weight is 418 g/mol. The van der Waals surface area contributed by atoms with Gasteiger partial charge in [0.25, 0.3) is 0 Å². The highest BCUT2D eigenvalue weighted by Gasteiger charge is 2.34. The van der Waals surface area contributed by atoms with E-state index in [0.717, 1.165) is 12.8 Å². The first-order valence-electron chi connectivity index (χ1n) is 9.90. The first-order valence-corrected chi connectivity index (χ1v) is 10.8. The monoisotopic (exact) mass is 417 g/mol. The number of carbonyl (C=O) groups excluding carboxylic acids is 2. The number of amides is 2. The van der Waals surface area contributed by atoms with Crippen LogP contribution >= 0.6 is 11.8 Å². The van der Waals surface area contributed by atoms with E-state index in [4.69, 9.17) is 5.73 Å². The molecule has 1 aromatic carbocycles. The Morgan fingerprint density at radius 3 is 2.48 bits per heavy atom. The number of primary amides is 1. The lowest BCUT2D eigenvalue weighted by Crippen LogP contribution is -2.44. The number of halogens is 1. The molecule has 1 atom stereocenters. The highest BCUT2D eigenvalue weighted by Crippen LogP contribution is 2.42. The molecule has 0 spiro atoms. The third-order valence-corrected chi connectivity index (χ3v) is 6.57. The van der Waals surface area contributed by atoms with Gasteiger partial charge >= 0.3 is 0 Å². The lowest BCUT2D eigenvalue weighted by molar-refractivity contribution is -0.134. The van der Waals surface area contributed by atoms with Crippen molar-refractivity contribution in [2.75, 3.05) is 13.1 Å². The van der Waals surface area contributed by atoms with Gasteiger partial charge in [0.05, 0.1) is 10.8 Å². The Hall–Kier alpha value is -2.42. The number of piperidine rings is 1. The molecule has 9 heteroatoms. The van der Waals surface area contributed by atoms with Crippen molar-refractivity contribution in [1.29, 1.82) is 0 Å². The van der Waals surface area contributed by atoms with Crippen molar-refractivity contribution in [2.24, 2.45) is 11.7 Å². The summed E-state index contributed by atoms with van der Waals surface area (Å²) in [6.07, 6.45) is 3.20. The molecule has 154 valence electrons.